The summed E-state index contributed by atoms with van der Waals surface area (Å²) in [6, 6.07) is 6.64. The van der Waals surface area contributed by atoms with Gasteiger partial charge in [-0.1, -0.05) is 12.1 Å². The predicted molar refractivity (Wildman–Crippen MR) is 68.6 cm³/mol. The molecule has 0 atom stereocenters. The van der Waals surface area contributed by atoms with Crippen molar-refractivity contribution in [3.05, 3.63) is 62.1 Å². The molecule has 92 valence electrons. The number of H-pyrrole nitrogens is 1. The van der Waals surface area contributed by atoms with Gasteiger partial charge in [0.2, 0.25) is 0 Å². The van der Waals surface area contributed by atoms with E-state index in [1.54, 1.807) is 38.2 Å². The lowest BCUT2D eigenvalue weighted by Crippen LogP contribution is -2.08. The van der Waals surface area contributed by atoms with E-state index in [4.69, 9.17) is 0 Å². The van der Waals surface area contributed by atoms with Crippen LogP contribution in [-0.2, 0) is 0 Å². The number of nitro groups is 1. The number of benzene rings is 1. The number of rotatable bonds is 2. The first-order chi connectivity index (χ1) is 8.50. The van der Waals surface area contributed by atoms with Crippen molar-refractivity contribution in [1.29, 1.82) is 0 Å². The van der Waals surface area contributed by atoms with Crippen LogP contribution in [-0.4, -0.2) is 9.91 Å². The van der Waals surface area contributed by atoms with E-state index < -0.39 is 4.92 Å². The van der Waals surface area contributed by atoms with Crippen molar-refractivity contribution in [3.8, 4) is 11.1 Å². The number of pyridine rings is 1. The predicted octanol–water partition coefficient (Wildman–Crippen LogP) is 2.57. The van der Waals surface area contributed by atoms with Crippen LogP contribution in [0.5, 0.6) is 0 Å². The molecule has 0 spiro atoms. The normalized spacial score (nSPS) is 10.3. The zero-order valence-corrected chi connectivity index (χ0v) is 10.1. The Morgan fingerprint density at radius 3 is 2.61 bits per heavy atom. The van der Waals surface area contributed by atoms with Crippen LogP contribution < -0.4 is 5.56 Å². The van der Waals surface area contributed by atoms with E-state index in [2.05, 4.69) is 4.98 Å². The van der Waals surface area contributed by atoms with Crippen LogP contribution in [0.2, 0.25) is 0 Å². The van der Waals surface area contributed by atoms with Crippen LogP contribution in [0.15, 0.2) is 35.3 Å². The van der Waals surface area contributed by atoms with Crippen molar-refractivity contribution in [2.24, 2.45) is 0 Å². The molecule has 0 fully saturated rings. The van der Waals surface area contributed by atoms with E-state index in [1.165, 1.54) is 6.07 Å². The minimum Gasteiger partial charge on any atom is -0.328 e. The molecule has 0 radical (unpaired) electrons. The van der Waals surface area contributed by atoms with Crippen LogP contribution in [0.4, 0.5) is 5.69 Å². The second-order valence-corrected chi connectivity index (χ2v) is 4.11. The Morgan fingerprint density at radius 1 is 1.28 bits per heavy atom. The van der Waals surface area contributed by atoms with E-state index in [0.29, 0.717) is 11.1 Å². The van der Waals surface area contributed by atoms with Crippen LogP contribution in [0.25, 0.3) is 11.1 Å². The summed E-state index contributed by atoms with van der Waals surface area (Å²) in [5, 5.41) is 10.9. The SMILES string of the molecule is Cc1c(-c2c[nH]c(=O)c(C)c2)cccc1[N+](=O)[O-]. The molecule has 1 aromatic heterocycles. The number of aryl methyl sites for hydroxylation is 1. The van der Waals surface area contributed by atoms with Crippen LogP contribution in [0.1, 0.15) is 11.1 Å². The van der Waals surface area contributed by atoms with Gasteiger partial charge in [-0.3, -0.25) is 14.9 Å². The third kappa shape index (κ3) is 2.02. The van der Waals surface area contributed by atoms with Crippen molar-refractivity contribution in [1.82, 2.24) is 4.98 Å². The van der Waals surface area contributed by atoms with E-state index >= 15 is 0 Å². The first-order valence-corrected chi connectivity index (χ1v) is 5.44. The van der Waals surface area contributed by atoms with Crippen molar-refractivity contribution in [2.45, 2.75) is 13.8 Å². The molecular weight excluding hydrogens is 232 g/mol. The standard InChI is InChI=1S/C13H12N2O3/c1-8-6-10(7-14-13(8)16)11-4-3-5-12(9(11)2)15(17)18/h3-7H,1-2H3,(H,14,16). The molecule has 0 aliphatic carbocycles. The average Bonchev–Trinajstić information content (AvgIpc) is 2.33. The zero-order valence-electron chi connectivity index (χ0n) is 10.1. The van der Waals surface area contributed by atoms with Crippen molar-refractivity contribution in [3.63, 3.8) is 0 Å². The van der Waals surface area contributed by atoms with E-state index in [-0.39, 0.29) is 11.2 Å². The second kappa shape index (κ2) is 4.44. The Morgan fingerprint density at radius 2 is 2.00 bits per heavy atom. The molecule has 1 heterocycles. The molecule has 0 amide bonds. The highest BCUT2D eigenvalue weighted by Gasteiger charge is 2.14. The Labute approximate surface area is 103 Å². The molecule has 5 heteroatoms. The van der Waals surface area contributed by atoms with Crippen molar-refractivity contribution in [2.75, 3.05) is 0 Å². The lowest BCUT2D eigenvalue weighted by Gasteiger charge is -2.06. The molecule has 1 aromatic carbocycles. The quantitative estimate of drug-likeness (QED) is 0.651. The molecule has 5 nitrogen and oxygen atoms in total. The fourth-order valence-electron chi connectivity index (χ4n) is 1.89. The van der Waals surface area contributed by atoms with Gasteiger partial charge in [0.05, 0.1) is 4.92 Å². The van der Waals surface area contributed by atoms with Gasteiger partial charge < -0.3 is 4.98 Å². The number of nitrogens with one attached hydrogen (secondary N) is 1. The molecule has 0 saturated heterocycles. The summed E-state index contributed by atoms with van der Waals surface area (Å²) in [6.45, 7) is 3.41. The largest absolute Gasteiger partial charge is 0.328 e. The Hall–Kier alpha value is -2.43. The highest BCUT2D eigenvalue weighted by Crippen LogP contribution is 2.29. The highest BCUT2D eigenvalue weighted by atomic mass is 16.6. The molecule has 0 saturated carbocycles. The van der Waals surface area contributed by atoms with Gasteiger partial charge in [-0.05, 0) is 31.0 Å². The van der Waals surface area contributed by atoms with Gasteiger partial charge in [0.1, 0.15) is 0 Å². The van der Waals surface area contributed by atoms with Gasteiger partial charge in [-0.25, -0.2) is 0 Å². The summed E-state index contributed by atoms with van der Waals surface area (Å²) >= 11 is 0. The van der Waals surface area contributed by atoms with Crippen molar-refractivity contribution >= 4 is 5.69 Å². The Bertz CT molecular complexity index is 674. The first kappa shape index (κ1) is 12.0. The molecule has 0 aliphatic heterocycles. The summed E-state index contributed by atoms with van der Waals surface area (Å²) < 4.78 is 0. The fraction of sp³-hybridized carbons (Fsp3) is 0.154. The number of nitrogens with zero attached hydrogens (tertiary/aromatic N) is 1. The van der Waals surface area contributed by atoms with Crippen LogP contribution >= 0.6 is 0 Å². The molecule has 2 aromatic rings. The maximum Gasteiger partial charge on any atom is 0.272 e. The second-order valence-electron chi connectivity index (χ2n) is 4.11. The van der Waals surface area contributed by atoms with E-state index in [9.17, 15) is 14.9 Å². The lowest BCUT2D eigenvalue weighted by molar-refractivity contribution is -0.385. The van der Waals surface area contributed by atoms with Crippen LogP contribution in [0, 0.1) is 24.0 Å². The maximum absolute atomic E-state index is 11.3. The first-order valence-electron chi connectivity index (χ1n) is 5.44. The molecular formula is C13H12N2O3. The third-order valence-corrected chi connectivity index (χ3v) is 2.90. The summed E-state index contributed by atoms with van der Waals surface area (Å²) in [4.78, 5) is 24.4. The summed E-state index contributed by atoms with van der Waals surface area (Å²) in [5.74, 6) is 0. The van der Waals surface area contributed by atoms with Gasteiger partial charge in [0, 0.05) is 23.4 Å². The smallest absolute Gasteiger partial charge is 0.272 e. The minimum atomic E-state index is -0.405. The number of nitro benzene ring substituents is 1. The minimum absolute atomic E-state index is 0.0800. The van der Waals surface area contributed by atoms with Crippen LogP contribution in [0.3, 0.4) is 0 Å². The molecule has 0 bridgehead atoms. The average molecular weight is 244 g/mol. The Balaban J connectivity index is 2.64. The lowest BCUT2D eigenvalue weighted by atomic mass is 10.00. The summed E-state index contributed by atoms with van der Waals surface area (Å²) in [7, 11) is 0. The van der Waals surface area contributed by atoms with Gasteiger partial charge in [0.25, 0.3) is 11.2 Å². The third-order valence-electron chi connectivity index (χ3n) is 2.90. The monoisotopic (exact) mass is 244 g/mol. The number of hydrogen-bond donors (Lipinski definition) is 1. The summed E-state index contributed by atoms with van der Waals surface area (Å²) in [5.41, 5.74) is 2.63. The topological polar surface area (TPSA) is 76.0 Å². The van der Waals surface area contributed by atoms with Gasteiger partial charge in [-0.2, -0.15) is 0 Å². The number of aromatic nitrogens is 1. The maximum atomic E-state index is 11.3. The summed E-state index contributed by atoms with van der Waals surface area (Å²) in [6.07, 6.45) is 1.57. The van der Waals surface area contributed by atoms with Crippen molar-refractivity contribution < 1.29 is 4.92 Å². The number of hydrogen-bond acceptors (Lipinski definition) is 3. The van der Waals surface area contributed by atoms with Gasteiger partial charge >= 0.3 is 0 Å². The molecule has 0 aliphatic rings. The van der Waals surface area contributed by atoms with Gasteiger partial charge in [-0.15, -0.1) is 0 Å². The highest BCUT2D eigenvalue weighted by molar-refractivity contribution is 5.70. The molecule has 2 rings (SSSR count). The molecule has 18 heavy (non-hydrogen) atoms. The molecule has 0 unspecified atom stereocenters. The number of aromatic amines is 1. The van der Waals surface area contributed by atoms with E-state index in [1.807, 2.05) is 0 Å². The van der Waals surface area contributed by atoms with Gasteiger partial charge in [0.15, 0.2) is 0 Å². The van der Waals surface area contributed by atoms with E-state index in [0.717, 1.165) is 11.1 Å². The fourth-order valence-corrected chi connectivity index (χ4v) is 1.89. The Kier molecular flexibility index (Phi) is 2.97. The molecule has 1 N–H and O–H groups in total. The zero-order chi connectivity index (χ0) is 13.3.